The number of allylic oxidation sites excluding steroid dienone is 1. The average Bonchev–Trinajstić information content (AvgIpc) is 2.11. The molecule has 0 aliphatic carbocycles. The molecule has 0 aromatic carbocycles. The van der Waals surface area contributed by atoms with Gasteiger partial charge in [-0.3, -0.25) is 5.41 Å². The van der Waals surface area contributed by atoms with E-state index in [0.717, 1.165) is 28.6 Å². The molecule has 76 valence electrons. The number of halogens is 1. The van der Waals surface area contributed by atoms with Gasteiger partial charge < -0.3 is 4.57 Å². The van der Waals surface area contributed by atoms with Crippen molar-refractivity contribution in [3.8, 4) is 0 Å². The summed E-state index contributed by atoms with van der Waals surface area (Å²) in [6, 6.07) is 1.84. The second-order valence-corrected chi connectivity index (χ2v) is 4.23. The molecule has 1 aromatic rings. The normalized spacial score (nSPS) is 10.2. The van der Waals surface area contributed by atoms with Crippen LogP contribution in [0.5, 0.6) is 0 Å². The van der Waals surface area contributed by atoms with Crippen LogP contribution in [-0.4, -0.2) is 4.57 Å². The van der Waals surface area contributed by atoms with E-state index >= 15 is 0 Å². The fraction of sp³-hybridized carbons (Fsp3) is 0.364. The molecule has 0 aliphatic rings. The van der Waals surface area contributed by atoms with Crippen molar-refractivity contribution in [2.24, 2.45) is 0 Å². The van der Waals surface area contributed by atoms with Crippen molar-refractivity contribution in [2.45, 2.75) is 26.7 Å². The Hall–Kier alpha value is -0.830. The van der Waals surface area contributed by atoms with E-state index in [1.54, 1.807) is 0 Å². The Balaban J connectivity index is 3.16. The van der Waals surface area contributed by atoms with Crippen molar-refractivity contribution in [3.63, 3.8) is 0 Å². The number of rotatable bonds is 3. The summed E-state index contributed by atoms with van der Waals surface area (Å²) in [6.45, 7) is 8.06. The predicted octanol–water partition coefficient (Wildman–Crippen LogP) is 3.31. The Bertz CT molecular complexity index is 404. The Labute approximate surface area is 92.9 Å². The third-order valence-corrected chi connectivity index (χ3v) is 2.94. The van der Waals surface area contributed by atoms with E-state index in [2.05, 4.69) is 29.4 Å². The van der Waals surface area contributed by atoms with Crippen LogP contribution in [0.3, 0.4) is 0 Å². The van der Waals surface area contributed by atoms with Gasteiger partial charge >= 0.3 is 0 Å². The van der Waals surface area contributed by atoms with Crippen molar-refractivity contribution in [2.75, 3.05) is 0 Å². The Morgan fingerprint density at radius 1 is 1.64 bits per heavy atom. The lowest BCUT2D eigenvalue weighted by Crippen LogP contribution is -2.18. The second-order valence-electron chi connectivity index (χ2n) is 3.38. The Morgan fingerprint density at radius 2 is 2.29 bits per heavy atom. The van der Waals surface area contributed by atoms with Crippen LogP contribution in [0.15, 0.2) is 23.3 Å². The molecule has 2 nitrogen and oxygen atoms in total. The van der Waals surface area contributed by atoms with E-state index in [-0.39, 0.29) is 0 Å². The zero-order valence-electron chi connectivity index (χ0n) is 8.60. The number of nitrogens with one attached hydrogen (secondary N) is 1. The topological polar surface area (TPSA) is 28.8 Å². The highest BCUT2D eigenvalue weighted by molar-refractivity contribution is 9.10. The van der Waals surface area contributed by atoms with Crippen LogP contribution in [-0.2, 0) is 0 Å². The van der Waals surface area contributed by atoms with E-state index in [1.165, 1.54) is 0 Å². The van der Waals surface area contributed by atoms with Crippen LogP contribution in [0.4, 0.5) is 0 Å². The molecule has 14 heavy (non-hydrogen) atoms. The van der Waals surface area contributed by atoms with Gasteiger partial charge in [0.1, 0.15) is 5.49 Å². The van der Waals surface area contributed by atoms with Gasteiger partial charge in [-0.05, 0) is 40.9 Å². The molecular weight excluding hydrogens is 240 g/mol. The molecule has 1 rings (SSSR count). The van der Waals surface area contributed by atoms with E-state index in [9.17, 15) is 0 Å². The lowest BCUT2D eigenvalue weighted by Gasteiger charge is -2.11. The molecule has 1 heterocycles. The molecule has 0 bridgehead atoms. The van der Waals surface area contributed by atoms with Gasteiger partial charge in [-0.15, -0.1) is 0 Å². The van der Waals surface area contributed by atoms with Crippen molar-refractivity contribution < 1.29 is 0 Å². The standard InChI is InChI=1S/C11H15BrN2/c1-4-5-9(3)14-7-10(12)8(2)6-11(14)13/h6-7,13H,3-5H2,1-2H3. The van der Waals surface area contributed by atoms with Gasteiger partial charge in [0.2, 0.25) is 0 Å². The molecule has 1 N–H and O–H groups in total. The van der Waals surface area contributed by atoms with E-state index in [1.807, 2.05) is 23.8 Å². The number of hydrogen-bond donors (Lipinski definition) is 1. The first kappa shape index (κ1) is 11.2. The summed E-state index contributed by atoms with van der Waals surface area (Å²) in [5.41, 5.74) is 2.54. The van der Waals surface area contributed by atoms with Gasteiger partial charge in [0.05, 0.1) is 0 Å². The zero-order valence-corrected chi connectivity index (χ0v) is 10.2. The molecule has 0 amide bonds. The van der Waals surface area contributed by atoms with Crippen molar-refractivity contribution in [1.29, 1.82) is 5.41 Å². The molecule has 0 unspecified atom stereocenters. The van der Waals surface area contributed by atoms with Crippen LogP contribution in [0.2, 0.25) is 0 Å². The van der Waals surface area contributed by atoms with Crippen LogP contribution in [0.25, 0.3) is 5.70 Å². The summed E-state index contributed by atoms with van der Waals surface area (Å²) in [7, 11) is 0. The molecule has 0 radical (unpaired) electrons. The molecule has 3 heteroatoms. The Kier molecular flexibility index (Phi) is 3.69. The Morgan fingerprint density at radius 3 is 2.86 bits per heavy atom. The van der Waals surface area contributed by atoms with Gasteiger partial charge in [0.25, 0.3) is 0 Å². The number of nitrogens with zero attached hydrogens (tertiary/aromatic N) is 1. The summed E-state index contributed by atoms with van der Waals surface area (Å²) in [5, 5.41) is 7.80. The molecule has 0 saturated heterocycles. The van der Waals surface area contributed by atoms with Crippen molar-refractivity contribution in [3.05, 3.63) is 34.4 Å². The highest BCUT2D eigenvalue weighted by atomic mass is 79.9. The molecule has 0 fully saturated rings. The highest BCUT2D eigenvalue weighted by Crippen LogP contribution is 2.15. The first-order chi connectivity index (χ1) is 6.56. The quantitative estimate of drug-likeness (QED) is 0.858. The first-order valence-corrected chi connectivity index (χ1v) is 5.47. The monoisotopic (exact) mass is 254 g/mol. The predicted molar refractivity (Wildman–Crippen MR) is 63.0 cm³/mol. The lowest BCUT2D eigenvalue weighted by molar-refractivity contribution is 0.851. The maximum absolute atomic E-state index is 7.80. The van der Waals surface area contributed by atoms with Gasteiger partial charge in [-0.25, -0.2) is 0 Å². The zero-order chi connectivity index (χ0) is 10.7. The summed E-state index contributed by atoms with van der Waals surface area (Å²) < 4.78 is 2.84. The lowest BCUT2D eigenvalue weighted by atomic mass is 10.2. The molecule has 1 aromatic heterocycles. The number of aryl methyl sites for hydroxylation is 1. The fourth-order valence-corrected chi connectivity index (χ4v) is 1.62. The minimum absolute atomic E-state index is 0.490. The third-order valence-electron chi connectivity index (χ3n) is 2.11. The largest absolute Gasteiger partial charge is 0.306 e. The van der Waals surface area contributed by atoms with Crippen LogP contribution >= 0.6 is 15.9 Å². The van der Waals surface area contributed by atoms with Gasteiger partial charge in [-0.2, -0.15) is 0 Å². The minimum atomic E-state index is 0.490. The van der Waals surface area contributed by atoms with E-state index in [0.29, 0.717) is 5.49 Å². The molecule has 0 spiro atoms. The van der Waals surface area contributed by atoms with Crippen LogP contribution in [0, 0.1) is 12.3 Å². The van der Waals surface area contributed by atoms with Crippen LogP contribution in [0.1, 0.15) is 25.3 Å². The SMILES string of the molecule is C=C(CCC)n1cc(Br)c(C)cc1=N. The minimum Gasteiger partial charge on any atom is -0.306 e. The van der Waals surface area contributed by atoms with Gasteiger partial charge in [0, 0.05) is 16.4 Å². The molecule has 0 saturated carbocycles. The summed E-state index contributed by atoms with van der Waals surface area (Å²) >= 11 is 3.45. The van der Waals surface area contributed by atoms with Crippen molar-refractivity contribution >= 4 is 21.6 Å². The smallest absolute Gasteiger partial charge is 0.129 e. The fourth-order valence-electron chi connectivity index (χ4n) is 1.30. The van der Waals surface area contributed by atoms with Gasteiger partial charge in [-0.1, -0.05) is 19.9 Å². The molecule has 0 atom stereocenters. The summed E-state index contributed by atoms with van der Waals surface area (Å²) in [5.74, 6) is 0. The van der Waals surface area contributed by atoms with E-state index < -0.39 is 0 Å². The summed E-state index contributed by atoms with van der Waals surface area (Å²) in [4.78, 5) is 0. The second kappa shape index (κ2) is 4.60. The third kappa shape index (κ3) is 2.35. The first-order valence-electron chi connectivity index (χ1n) is 4.67. The molecule has 0 aliphatic heterocycles. The maximum Gasteiger partial charge on any atom is 0.129 e. The highest BCUT2D eigenvalue weighted by Gasteiger charge is 2.01. The number of hydrogen-bond acceptors (Lipinski definition) is 1. The molecular formula is C11H15BrN2. The number of pyridine rings is 1. The van der Waals surface area contributed by atoms with Crippen LogP contribution < -0.4 is 5.49 Å². The average molecular weight is 255 g/mol. The van der Waals surface area contributed by atoms with E-state index in [4.69, 9.17) is 5.41 Å². The summed E-state index contributed by atoms with van der Waals surface area (Å²) in [6.07, 6.45) is 3.89. The van der Waals surface area contributed by atoms with Gasteiger partial charge in [0.15, 0.2) is 0 Å². The van der Waals surface area contributed by atoms with Crippen molar-refractivity contribution in [1.82, 2.24) is 4.57 Å². The maximum atomic E-state index is 7.80. The number of aromatic nitrogens is 1.